The van der Waals surface area contributed by atoms with Crippen LogP contribution in [-0.4, -0.2) is 95.8 Å². The van der Waals surface area contributed by atoms with E-state index < -0.39 is 5.79 Å². The molecule has 5 heterocycles. The van der Waals surface area contributed by atoms with Gasteiger partial charge in [-0.3, -0.25) is 9.78 Å². The molecule has 4 saturated heterocycles. The molecule has 188 valence electrons. The topological polar surface area (TPSA) is 61.4 Å². The van der Waals surface area contributed by atoms with Gasteiger partial charge in [0, 0.05) is 88.9 Å². The molecule has 10 heteroatoms. The Kier molecular flexibility index (Phi) is 6.57. The number of piperazine rings is 1. The standard InChI is InChI=1S/C25H32FN5O3S/c26-19-3-4-22-20(17-19)23(28-9-5-25(6-10-28)33-15-16-34-25)21(18-27-22)24(32)29-11-13-31(14-12-29)35-30-7-1-2-8-30/h3-4,17-18H,1-2,5-16H2. The molecular weight excluding hydrogens is 469 g/mol. The van der Waals surface area contributed by atoms with E-state index in [1.165, 1.54) is 25.0 Å². The number of halogens is 1. The summed E-state index contributed by atoms with van der Waals surface area (Å²) in [5.41, 5.74) is 2.02. The summed E-state index contributed by atoms with van der Waals surface area (Å²) < 4.78 is 30.9. The lowest BCUT2D eigenvalue weighted by Crippen LogP contribution is -2.48. The molecule has 0 atom stereocenters. The van der Waals surface area contributed by atoms with Gasteiger partial charge >= 0.3 is 0 Å². The molecule has 35 heavy (non-hydrogen) atoms. The fraction of sp³-hybridized carbons (Fsp3) is 0.600. The predicted molar refractivity (Wildman–Crippen MR) is 134 cm³/mol. The minimum atomic E-state index is -0.516. The van der Waals surface area contributed by atoms with Crippen LogP contribution in [-0.2, 0) is 9.47 Å². The lowest BCUT2D eigenvalue weighted by atomic mass is 10.00. The molecule has 2 aromatic rings. The van der Waals surface area contributed by atoms with E-state index in [1.54, 1.807) is 12.3 Å². The number of benzene rings is 1. The van der Waals surface area contributed by atoms with E-state index in [9.17, 15) is 9.18 Å². The quantitative estimate of drug-likeness (QED) is 0.593. The summed E-state index contributed by atoms with van der Waals surface area (Å²) in [6, 6.07) is 4.61. The molecule has 1 aromatic heterocycles. The fourth-order valence-electron chi connectivity index (χ4n) is 5.58. The molecule has 1 aromatic carbocycles. The van der Waals surface area contributed by atoms with Crippen molar-refractivity contribution in [2.45, 2.75) is 31.5 Å². The van der Waals surface area contributed by atoms with Crippen molar-refractivity contribution in [1.29, 1.82) is 0 Å². The number of fused-ring (bicyclic) bond motifs is 1. The molecule has 6 rings (SSSR count). The van der Waals surface area contributed by atoms with Gasteiger partial charge < -0.3 is 19.3 Å². The number of carbonyl (C=O) groups is 1. The van der Waals surface area contributed by atoms with Crippen LogP contribution in [0, 0.1) is 5.82 Å². The molecule has 0 N–H and O–H groups in total. The van der Waals surface area contributed by atoms with Crippen LogP contribution in [0.1, 0.15) is 36.0 Å². The zero-order valence-electron chi connectivity index (χ0n) is 20.0. The van der Waals surface area contributed by atoms with E-state index in [0.29, 0.717) is 68.7 Å². The van der Waals surface area contributed by atoms with Gasteiger partial charge in [0.05, 0.1) is 30.0 Å². The third kappa shape index (κ3) is 4.74. The van der Waals surface area contributed by atoms with Crippen LogP contribution in [0.2, 0.25) is 0 Å². The molecular formula is C25H32FN5O3S. The Morgan fingerprint density at radius 1 is 0.943 bits per heavy atom. The molecule has 0 bridgehead atoms. The van der Waals surface area contributed by atoms with Crippen molar-refractivity contribution >= 4 is 34.6 Å². The van der Waals surface area contributed by atoms with Crippen molar-refractivity contribution in [3.8, 4) is 0 Å². The van der Waals surface area contributed by atoms with Crippen molar-refractivity contribution < 1.29 is 18.7 Å². The summed E-state index contributed by atoms with van der Waals surface area (Å²) in [7, 11) is 0. The Morgan fingerprint density at radius 2 is 1.63 bits per heavy atom. The minimum Gasteiger partial charge on any atom is -0.370 e. The molecule has 0 aliphatic carbocycles. The zero-order valence-corrected chi connectivity index (χ0v) is 20.8. The number of amides is 1. The third-order valence-electron chi connectivity index (χ3n) is 7.51. The Morgan fingerprint density at radius 3 is 2.34 bits per heavy atom. The average Bonchev–Trinajstić information content (AvgIpc) is 3.57. The first-order valence-corrected chi connectivity index (χ1v) is 13.4. The molecule has 1 spiro atoms. The number of pyridine rings is 1. The van der Waals surface area contributed by atoms with Gasteiger partial charge in [-0.2, -0.15) is 0 Å². The van der Waals surface area contributed by atoms with E-state index in [4.69, 9.17) is 9.47 Å². The van der Waals surface area contributed by atoms with E-state index >= 15 is 0 Å². The number of aromatic nitrogens is 1. The van der Waals surface area contributed by atoms with Crippen molar-refractivity contribution in [1.82, 2.24) is 18.5 Å². The molecule has 4 fully saturated rings. The maximum absolute atomic E-state index is 14.3. The highest BCUT2D eigenvalue weighted by Crippen LogP contribution is 2.38. The van der Waals surface area contributed by atoms with Crippen LogP contribution in [0.3, 0.4) is 0 Å². The number of nitrogens with zero attached hydrogens (tertiary/aromatic N) is 5. The number of hydrogen-bond donors (Lipinski definition) is 0. The van der Waals surface area contributed by atoms with Gasteiger partial charge in [-0.25, -0.2) is 13.0 Å². The second-order valence-corrected chi connectivity index (χ2v) is 10.9. The Bertz CT molecular complexity index is 1070. The Hall–Kier alpha value is -1.98. The second-order valence-electron chi connectivity index (χ2n) is 9.72. The molecule has 8 nitrogen and oxygen atoms in total. The smallest absolute Gasteiger partial charge is 0.257 e. The summed E-state index contributed by atoms with van der Waals surface area (Å²) >= 11 is 1.82. The van der Waals surface area contributed by atoms with Crippen molar-refractivity contribution in [2.24, 2.45) is 0 Å². The van der Waals surface area contributed by atoms with Gasteiger partial charge in [0.25, 0.3) is 5.91 Å². The highest BCUT2D eigenvalue weighted by Gasteiger charge is 2.41. The van der Waals surface area contributed by atoms with Crippen LogP contribution in [0.4, 0.5) is 10.1 Å². The number of carbonyl (C=O) groups excluding carboxylic acids is 1. The normalized spacial score (nSPS) is 23.6. The first-order valence-electron chi connectivity index (χ1n) is 12.7. The van der Waals surface area contributed by atoms with Crippen molar-refractivity contribution in [3.05, 3.63) is 35.8 Å². The van der Waals surface area contributed by atoms with E-state index in [1.807, 2.05) is 17.0 Å². The van der Waals surface area contributed by atoms with Gasteiger partial charge in [0.2, 0.25) is 0 Å². The lowest BCUT2D eigenvalue weighted by Gasteiger charge is -2.40. The van der Waals surface area contributed by atoms with E-state index in [0.717, 1.165) is 31.9 Å². The van der Waals surface area contributed by atoms with Gasteiger partial charge in [-0.1, -0.05) is 0 Å². The summed E-state index contributed by atoms with van der Waals surface area (Å²) in [6.45, 7) is 7.88. The Balaban J connectivity index is 1.24. The van der Waals surface area contributed by atoms with Crippen LogP contribution >= 0.6 is 12.1 Å². The van der Waals surface area contributed by atoms with Crippen LogP contribution in [0.25, 0.3) is 10.9 Å². The molecule has 4 aliphatic heterocycles. The maximum Gasteiger partial charge on any atom is 0.257 e. The SMILES string of the molecule is O=C(c1cnc2ccc(F)cc2c1N1CCC2(CC1)OCCO2)N1CCN(SN2CCCC2)CC1. The Labute approximate surface area is 209 Å². The van der Waals surface area contributed by atoms with Gasteiger partial charge in [0.1, 0.15) is 5.82 Å². The average molecular weight is 502 g/mol. The first kappa shape index (κ1) is 23.4. The molecule has 4 aliphatic rings. The van der Waals surface area contributed by atoms with Crippen LogP contribution in [0.15, 0.2) is 24.4 Å². The van der Waals surface area contributed by atoms with Crippen molar-refractivity contribution in [2.75, 3.05) is 70.5 Å². The molecule has 0 unspecified atom stereocenters. The highest BCUT2D eigenvalue weighted by atomic mass is 32.2. The van der Waals surface area contributed by atoms with E-state index in [2.05, 4.69) is 18.5 Å². The van der Waals surface area contributed by atoms with Gasteiger partial charge in [-0.15, -0.1) is 0 Å². The fourth-order valence-corrected chi connectivity index (χ4v) is 6.66. The summed E-state index contributed by atoms with van der Waals surface area (Å²) in [5.74, 6) is -0.871. The minimum absolute atomic E-state index is 0.0295. The van der Waals surface area contributed by atoms with E-state index in [-0.39, 0.29) is 11.7 Å². The lowest BCUT2D eigenvalue weighted by molar-refractivity contribution is -0.169. The number of ether oxygens (including phenoxy) is 2. The molecule has 1 amide bonds. The zero-order chi connectivity index (χ0) is 23.8. The van der Waals surface area contributed by atoms with Crippen molar-refractivity contribution in [3.63, 3.8) is 0 Å². The first-order chi connectivity index (χ1) is 17.1. The summed E-state index contributed by atoms with van der Waals surface area (Å²) in [5, 5.41) is 0.684. The maximum atomic E-state index is 14.3. The van der Waals surface area contributed by atoms with Gasteiger partial charge in [0.15, 0.2) is 5.79 Å². The van der Waals surface area contributed by atoms with Gasteiger partial charge in [-0.05, 0) is 31.0 Å². The molecule has 0 saturated carbocycles. The predicted octanol–water partition coefficient (Wildman–Crippen LogP) is 3.13. The van der Waals surface area contributed by atoms with Crippen LogP contribution < -0.4 is 4.90 Å². The highest BCUT2D eigenvalue weighted by molar-refractivity contribution is 7.94. The monoisotopic (exact) mass is 501 g/mol. The summed E-state index contributed by atoms with van der Waals surface area (Å²) in [6.07, 6.45) is 5.63. The number of anilines is 1. The number of hydrogen-bond acceptors (Lipinski definition) is 8. The number of rotatable bonds is 4. The summed E-state index contributed by atoms with van der Waals surface area (Å²) in [4.78, 5) is 22.4. The number of piperidine rings is 1. The third-order valence-corrected chi connectivity index (χ3v) is 8.70. The largest absolute Gasteiger partial charge is 0.370 e. The second kappa shape index (κ2) is 9.82. The molecule has 0 radical (unpaired) electrons. The van der Waals surface area contributed by atoms with Crippen LogP contribution in [0.5, 0.6) is 0 Å².